The molecule has 2 fully saturated rings. The van der Waals surface area contributed by atoms with Gasteiger partial charge in [-0.2, -0.15) is 0 Å². The number of fused-ring (bicyclic) bond motifs is 5. The Morgan fingerprint density at radius 2 is 1.60 bits per heavy atom. The fourth-order valence-corrected chi connectivity index (χ4v) is 4.17. The number of amides is 2. The predicted octanol–water partition coefficient (Wildman–Crippen LogP) is 3.30. The molecule has 5 heteroatoms. The van der Waals surface area contributed by atoms with Crippen LogP contribution in [-0.2, 0) is 9.59 Å². The van der Waals surface area contributed by atoms with Crippen LogP contribution in [0.5, 0.6) is 0 Å². The van der Waals surface area contributed by atoms with Crippen LogP contribution in [0.1, 0.15) is 6.42 Å². The molecule has 2 amide bonds. The fourth-order valence-electron chi connectivity index (χ4n) is 3.80. The molecule has 1 aliphatic heterocycles. The Kier molecular flexibility index (Phi) is 2.54. The van der Waals surface area contributed by atoms with Crippen molar-refractivity contribution in [2.75, 3.05) is 4.90 Å². The van der Waals surface area contributed by atoms with Gasteiger partial charge in [0.15, 0.2) is 0 Å². The normalized spacial score (nSPS) is 34.2. The van der Waals surface area contributed by atoms with E-state index in [9.17, 15) is 9.59 Å². The maximum Gasteiger partial charge on any atom is 0.238 e. The number of imide groups is 1. The lowest BCUT2D eigenvalue weighted by Gasteiger charge is -2.18. The lowest BCUT2D eigenvalue weighted by atomic mass is 9.85. The van der Waals surface area contributed by atoms with Crippen LogP contribution in [0.25, 0.3) is 0 Å². The van der Waals surface area contributed by atoms with Gasteiger partial charge in [-0.05, 0) is 36.5 Å². The molecule has 4 rings (SSSR count). The number of hydrogen-bond donors (Lipinski definition) is 0. The first-order chi connectivity index (χ1) is 9.58. The average molecular weight is 308 g/mol. The molecule has 1 saturated heterocycles. The van der Waals surface area contributed by atoms with E-state index >= 15 is 0 Å². The van der Waals surface area contributed by atoms with Crippen molar-refractivity contribution in [2.45, 2.75) is 6.42 Å². The molecule has 1 aromatic rings. The highest BCUT2D eigenvalue weighted by atomic mass is 35.5. The van der Waals surface area contributed by atoms with Gasteiger partial charge in [0.1, 0.15) is 0 Å². The minimum atomic E-state index is -0.215. The van der Waals surface area contributed by atoms with Crippen LogP contribution in [0, 0.1) is 23.7 Å². The molecule has 102 valence electrons. The molecule has 0 radical (unpaired) electrons. The van der Waals surface area contributed by atoms with Crippen molar-refractivity contribution in [1.82, 2.24) is 0 Å². The largest absolute Gasteiger partial charge is 0.274 e. The van der Waals surface area contributed by atoms with Gasteiger partial charge in [-0.3, -0.25) is 9.59 Å². The van der Waals surface area contributed by atoms with Crippen LogP contribution >= 0.6 is 23.2 Å². The first-order valence-corrected chi connectivity index (χ1v) is 7.34. The van der Waals surface area contributed by atoms with Crippen molar-refractivity contribution >= 4 is 40.7 Å². The minimum absolute atomic E-state index is 0.138. The number of carbonyl (C=O) groups excluding carboxylic acids is 2. The Labute approximate surface area is 126 Å². The SMILES string of the molecule is O=C1C2C3C=CC(C3)C2C(=O)N1c1cc(Cl)ccc1Cl. The second kappa shape index (κ2) is 4.09. The summed E-state index contributed by atoms with van der Waals surface area (Å²) in [6.07, 6.45) is 5.06. The van der Waals surface area contributed by atoms with E-state index < -0.39 is 0 Å². The quantitative estimate of drug-likeness (QED) is 0.589. The second-order valence-electron chi connectivity index (χ2n) is 5.61. The molecule has 2 aliphatic carbocycles. The van der Waals surface area contributed by atoms with Gasteiger partial charge in [0.2, 0.25) is 11.8 Å². The molecule has 0 aromatic heterocycles. The molecule has 3 aliphatic rings. The van der Waals surface area contributed by atoms with Crippen LogP contribution < -0.4 is 4.90 Å². The van der Waals surface area contributed by atoms with Crippen molar-refractivity contribution in [2.24, 2.45) is 23.7 Å². The summed E-state index contributed by atoms with van der Waals surface area (Å²) in [4.78, 5) is 26.5. The van der Waals surface area contributed by atoms with Crippen molar-refractivity contribution < 1.29 is 9.59 Å². The molecule has 1 aromatic carbocycles. The van der Waals surface area contributed by atoms with Gasteiger partial charge in [0.05, 0.1) is 22.5 Å². The van der Waals surface area contributed by atoms with Gasteiger partial charge in [0, 0.05) is 5.02 Å². The van der Waals surface area contributed by atoms with Crippen molar-refractivity contribution in [3.63, 3.8) is 0 Å². The topological polar surface area (TPSA) is 37.4 Å². The summed E-state index contributed by atoms with van der Waals surface area (Å²) in [7, 11) is 0. The van der Waals surface area contributed by atoms with Crippen molar-refractivity contribution in [3.05, 3.63) is 40.4 Å². The summed E-state index contributed by atoms with van der Waals surface area (Å²) in [5.74, 6) is -0.309. The highest BCUT2D eigenvalue weighted by molar-refractivity contribution is 6.37. The molecular weight excluding hydrogens is 297 g/mol. The number of rotatable bonds is 1. The summed E-state index contributed by atoms with van der Waals surface area (Å²) in [6.45, 7) is 0. The molecule has 4 unspecified atom stereocenters. The number of allylic oxidation sites excluding steroid dienone is 2. The molecule has 1 heterocycles. The number of nitrogens with zero attached hydrogens (tertiary/aromatic N) is 1. The molecule has 0 N–H and O–H groups in total. The smallest absolute Gasteiger partial charge is 0.238 e. The van der Waals surface area contributed by atoms with Gasteiger partial charge >= 0.3 is 0 Å². The van der Waals surface area contributed by atoms with E-state index in [0.29, 0.717) is 15.7 Å². The van der Waals surface area contributed by atoms with E-state index in [0.717, 1.165) is 6.42 Å². The van der Waals surface area contributed by atoms with E-state index in [1.807, 2.05) is 0 Å². The number of benzene rings is 1. The summed E-state index contributed by atoms with van der Waals surface area (Å²) < 4.78 is 0. The van der Waals surface area contributed by atoms with Crippen molar-refractivity contribution in [3.8, 4) is 0 Å². The lowest BCUT2D eigenvalue weighted by Crippen LogP contribution is -2.33. The van der Waals surface area contributed by atoms with E-state index in [1.54, 1.807) is 18.2 Å². The number of halogens is 2. The summed E-state index contributed by atoms with van der Waals surface area (Å²) in [6, 6.07) is 4.83. The molecule has 1 saturated carbocycles. The van der Waals surface area contributed by atoms with Crippen LogP contribution in [0.3, 0.4) is 0 Å². The molecule has 20 heavy (non-hydrogen) atoms. The zero-order valence-corrected chi connectivity index (χ0v) is 11.9. The average Bonchev–Trinajstić information content (AvgIpc) is 3.08. The molecule has 4 atom stereocenters. The Balaban J connectivity index is 1.80. The Morgan fingerprint density at radius 1 is 1.00 bits per heavy atom. The maximum atomic E-state index is 12.6. The summed E-state index contributed by atoms with van der Waals surface area (Å²) >= 11 is 12.1. The first kappa shape index (κ1) is 12.4. The fraction of sp³-hybridized carbons (Fsp3) is 0.333. The van der Waals surface area contributed by atoms with E-state index in [2.05, 4.69) is 12.2 Å². The Bertz CT molecular complexity index is 640. The zero-order chi connectivity index (χ0) is 14.0. The third-order valence-corrected chi connectivity index (χ3v) is 5.17. The number of carbonyl (C=O) groups is 2. The summed E-state index contributed by atoms with van der Waals surface area (Å²) in [5.41, 5.74) is 0.406. The van der Waals surface area contributed by atoms with E-state index in [1.165, 1.54) is 4.90 Å². The third kappa shape index (κ3) is 1.48. The Morgan fingerprint density at radius 3 is 2.20 bits per heavy atom. The van der Waals surface area contributed by atoms with Crippen LogP contribution in [-0.4, -0.2) is 11.8 Å². The monoisotopic (exact) mass is 307 g/mol. The van der Waals surface area contributed by atoms with Crippen molar-refractivity contribution in [1.29, 1.82) is 0 Å². The minimum Gasteiger partial charge on any atom is -0.274 e. The maximum absolute atomic E-state index is 12.6. The highest BCUT2D eigenvalue weighted by Crippen LogP contribution is 2.53. The first-order valence-electron chi connectivity index (χ1n) is 6.59. The summed E-state index contributed by atoms with van der Waals surface area (Å²) in [5, 5.41) is 0.833. The number of anilines is 1. The number of hydrogen-bond acceptors (Lipinski definition) is 2. The van der Waals surface area contributed by atoms with Gasteiger partial charge < -0.3 is 0 Å². The van der Waals surface area contributed by atoms with Crippen LogP contribution in [0.15, 0.2) is 30.4 Å². The van der Waals surface area contributed by atoms with Crippen LogP contribution in [0.4, 0.5) is 5.69 Å². The molecular formula is C15H11Cl2NO2. The van der Waals surface area contributed by atoms with Gasteiger partial charge in [0.25, 0.3) is 0 Å². The molecule has 3 nitrogen and oxygen atoms in total. The lowest BCUT2D eigenvalue weighted by molar-refractivity contribution is -0.123. The van der Waals surface area contributed by atoms with E-state index in [4.69, 9.17) is 23.2 Å². The van der Waals surface area contributed by atoms with Gasteiger partial charge in [-0.15, -0.1) is 0 Å². The second-order valence-corrected chi connectivity index (χ2v) is 6.45. The molecule has 2 bridgehead atoms. The Hall–Kier alpha value is -1.32. The highest BCUT2D eigenvalue weighted by Gasteiger charge is 2.59. The zero-order valence-electron chi connectivity index (χ0n) is 10.4. The van der Waals surface area contributed by atoms with E-state index in [-0.39, 0.29) is 35.5 Å². The third-order valence-electron chi connectivity index (χ3n) is 4.62. The molecule has 0 spiro atoms. The van der Waals surface area contributed by atoms with Crippen LogP contribution in [0.2, 0.25) is 10.0 Å². The van der Waals surface area contributed by atoms with Gasteiger partial charge in [-0.25, -0.2) is 4.90 Å². The predicted molar refractivity (Wildman–Crippen MR) is 76.7 cm³/mol. The standard InChI is InChI=1S/C15H11Cl2NO2/c16-9-3-4-10(17)11(6-9)18-14(19)12-7-1-2-8(5-7)13(12)15(18)20/h1-4,6-8,12-13H,5H2. The van der Waals surface area contributed by atoms with Gasteiger partial charge in [-0.1, -0.05) is 35.4 Å².